The third-order valence-corrected chi connectivity index (χ3v) is 13.5. The van der Waals surface area contributed by atoms with E-state index in [0.29, 0.717) is 0 Å². The number of hydrogen-bond donors (Lipinski definition) is 0. The average Bonchev–Trinajstić information content (AvgIpc) is 4.07. The summed E-state index contributed by atoms with van der Waals surface area (Å²) in [6, 6.07) is 59.3. The summed E-state index contributed by atoms with van der Waals surface area (Å²) in [6.45, 7) is 2.11. The highest BCUT2D eigenvalue weighted by molar-refractivity contribution is 5.96. The molecule has 59 heavy (non-hydrogen) atoms. The Morgan fingerprint density at radius 2 is 0.932 bits per heavy atom. The Balaban J connectivity index is 0.892. The topological polar surface area (TPSA) is 6.48 Å². The van der Waals surface area contributed by atoms with Gasteiger partial charge in [-0.15, -0.1) is 0 Å². The third kappa shape index (κ3) is 5.40. The second-order valence-corrected chi connectivity index (χ2v) is 16.7. The van der Waals surface area contributed by atoms with Gasteiger partial charge in [-0.05, 0) is 152 Å². The van der Waals surface area contributed by atoms with Gasteiger partial charge < -0.3 is 9.80 Å². The van der Waals surface area contributed by atoms with Gasteiger partial charge in [-0.25, -0.2) is 0 Å². The van der Waals surface area contributed by atoms with Gasteiger partial charge in [-0.2, -0.15) is 0 Å². The van der Waals surface area contributed by atoms with E-state index in [1.54, 1.807) is 5.57 Å². The van der Waals surface area contributed by atoms with Crippen LogP contribution >= 0.6 is 0 Å². The van der Waals surface area contributed by atoms with Crippen molar-refractivity contribution in [1.82, 2.24) is 0 Å². The molecule has 2 aliphatic heterocycles. The molecule has 0 amide bonds. The van der Waals surface area contributed by atoms with E-state index in [2.05, 4.69) is 204 Å². The first kappa shape index (κ1) is 34.2. The summed E-state index contributed by atoms with van der Waals surface area (Å²) in [5, 5.41) is 0. The van der Waals surface area contributed by atoms with Gasteiger partial charge in [-0.3, -0.25) is 0 Å². The average molecular weight is 757 g/mol. The molecule has 2 heteroatoms. The zero-order valence-corrected chi connectivity index (χ0v) is 33.1. The van der Waals surface area contributed by atoms with Gasteiger partial charge in [0.2, 0.25) is 0 Å². The van der Waals surface area contributed by atoms with Crippen molar-refractivity contribution in [3.05, 3.63) is 231 Å². The molecule has 0 saturated heterocycles. The highest BCUT2D eigenvalue weighted by Gasteiger charge is 2.51. The maximum atomic E-state index is 2.49. The van der Waals surface area contributed by atoms with Crippen LogP contribution in [0.5, 0.6) is 0 Å². The maximum absolute atomic E-state index is 2.49. The Morgan fingerprint density at radius 3 is 1.58 bits per heavy atom. The molecule has 0 unspecified atom stereocenters. The standard InChI is InChI=1S/C57H44N2/c1-7-15-55-43(9-1)33-35-58(55)45-27-21-39(22-28-45)17-19-41-25-31-49-50-32-26-42(20-18-40-23-29-46(30-24-40)59-36-34-44-10-2-8-16-56(44)59)38-54(50)57(53(49)37-41)51-13-5-3-11-47(51)48-12-4-6-14-52(48)57/h1,3-9,11-32,37-38H,2,10,33-36H2/b19-17+,20-18+. The Labute approximate surface area is 347 Å². The zero-order valence-electron chi connectivity index (χ0n) is 33.1. The van der Waals surface area contributed by atoms with E-state index >= 15 is 0 Å². The minimum Gasteiger partial charge on any atom is -0.341 e. The monoisotopic (exact) mass is 756 g/mol. The Bertz CT molecular complexity index is 2890. The van der Waals surface area contributed by atoms with Crippen LogP contribution in [0.15, 0.2) is 181 Å². The van der Waals surface area contributed by atoms with Crippen LogP contribution < -0.4 is 9.80 Å². The molecule has 0 atom stereocenters. The highest BCUT2D eigenvalue weighted by atomic mass is 15.2. The lowest BCUT2D eigenvalue weighted by atomic mass is 9.70. The summed E-state index contributed by atoms with van der Waals surface area (Å²) in [4.78, 5) is 4.92. The predicted octanol–water partition coefficient (Wildman–Crippen LogP) is 13.9. The molecule has 1 spiro atoms. The lowest BCUT2D eigenvalue weighted by Crippen LogP contribution is -2.26. The van der Waals surface area contributed by atoms with Gasteiger partial charge in [-0.1, -0.05) is 146 Å². The van der Waals surface area contributed by atoms with Gasteiger partial charge in [0.15, 0.2) is 0 Å². The normalized spacial score (nSPS) is 16.5. The summed E-state index contributed by atoms with van der Waals surface area (Å²) < 4.78 is 0. The largest absolute Gasteiger partial charge is 0.341 e. The molecule has 7 aromatic rings. The van der Waals surface area contributed by atoms with Crippen LogP contribution in [0.1, 0.15) is 69.3 Å². The molecule has 282 valence electrons. The van der Waals surface area contributed by atoms with Crippen molar-refractivity contribution in [2.75, 3.05) is 22.9 Å². The summed E-state index contributed by atoms with van der Waals surface area (Å²) in [5.74, 6) is 0. The number of anilines is 3. The fourth-order valence-electron chi connectivity index (χ4n) is 10.8. The first-order valence-electron chi connectivity index (χ1n) is 21.3. The molecule has 0 bridgehead atoms. The quantitative estimate of drug-likeness (QED) is 0.156. The number of benzene rings is 7. The number of fused-ring (bicyclic) bond motifs is 11. The van der Waals surface area contributed by atoms with E-state index in [9.17, 15) is 0 Å². The molecule has 7 aromatic carbocycles. The molecule has 5 aliphatic rings. The predicted molar refractivity (Wildman–Crippen MR) is 248 cm³/mol. The van der Waals surface area contributed by atoms with Crippen molar-refractivity contribution in [1.29, 1.82) is 0 Å². The van der Waals surface area contributed by atoms with Crippen LogP contribution in [0.25, 0.3) is 46.6 Å². The molecule has 12 rings (SSSR count). The Kier molecular flexibility index (Phi) is 7.88. The molecule has 0 N–H and O–H groups in total. The third-order valence-electron chi connectivity index (χ3n) is 13.5. The van der Waals surface area contributed by atoms with Crippen molar-refractivity contribution in [2.45, 2.75) is 31.1 Å². The van der Waals surface area contributed by atoms with Crippen LogP contribution in [0.2, 0.25) is 0 Å². The first-order valence-corrected chi connectivity index (χ1v) is 21.3. The van der Waals surface area contributed by atoms with Crippen molar-refractivity contribution in [2.24, 2.45) is 0 Å². The second kappa shape index (κ2) is 13.6. The van der Waals surface area contributed by atoms with Gasteiger partial charge in [0, 0.05) is 35.8 Å². The first-order chi connectivity index (χ1) is 29.2. The van der Waals surface area contributed by atoms with Crippen molar-refractivity contribution < 1.29 is 0 Å². The van der Waals surface area contributed by atoms with E-state index in [4.69, 9.17) is 0 Å². The molecule has 0 radical (unpaired) electrons. The fraction of sp³-hybridized carbons (Fsp3) is 0.123. The lowest BCUT2D eigenvalue weighted by molar-refractivity contribution is 0.793. The number of allylic oxidation sites excluding steroid dienone is 2. The molecular formula is C57H44N2. The molecular weight excluding hydrogens is 713 g/mol. The van der Waals surface area contributed by atoms with Gasteiger partial charge in [0.05, 0.1) is 5.41 Å². The molecule has 2 heterocycles. The molecule has 0 saturated carbocycles. The second-order valence-electron chi connectivity index (χ2n) is 16.7. The van der Waals surface area contributed by atoms with Crippen LogP contribution in [0, 0.1) is 0 Å². The molecule has 0 aromatic heterocycles. The smallest absolute Gasteiger partial charge is 0.0725 e. The van der Waals surface area contributed by atoms with Crippen LogP contribution in [0.4, 0.5) is 17.1 Å². The van der Waals surface area contributed by atoms with Crippen molar-refractivity contribution >= 4 is 41.4 Å². The number of hydrogen-bond acceptors (Lipinski definition) is 2. The fourth-order valence-corrected chi connectivity index (χ4v) is 10.8. The van der Waals surface area contributed by atoms with Crippen LogP contribution in [-0.4, -0.2) is 13.1 Å². The molecule has 0 fully saturated rings. The van der Waals surface area contributed by atoms with Gasteiger partial charge in [0.25, 0.3) is 0 Å². The van der Waals surface area contributed by atoms with E-state index in [0.717, 1.165) is 19.5 Å². The Morgan fingerprint density at radius 1 is 0.424 bits per heavy atom. The van der Waals surface area contributed by atoms with E-state index < -0.39 is 5.41 Å². The van der Waals surface area contributed by atoms with Gasteiger partial charge in [0.1, 0.15) is 0 Å². The molecule has 3 aliphatic carbocycles. The summed E-state index contributed by atoms with van der Waals surface area (Å²) in [7, 11) is 0. The number of rotatable bonds is 6. The van der Waals surface area contributed by atoms with E-state index in [1.165, 1.54) is 114 Å². The number of nitrogens with zero attached hydrogens (tertiary/aromatic N) is 2. The lowest BCUT2D eigenvalue weighted by Gasteiger charge is -2.30. The van der Waals surface area contributed by atoms with Crippen molar-refractivity contribution in [3.63, 3.8) is 0 Å². The summed E-state index contributed by atoms with van der Waals surface area (Å²) in [5.41, 5.74) is 23.5. The highest BCUT2D eigenvalue weighted by Crippen LogP contribution is 2.63. The van der Waals surface area contributed by atoms with Crippen LogP contribution in [0.3, 0.4) is 0 Å². The minimum atomic E-state index is -0.405. The van der Waals surface area contributed by atoms with Gasteiger partial charge >= 0.3 is 0 Å². The van der Waals surface area contributed by atoms with E-state index in [1.807, 2.05) is 0 Å². The minimum absolute atomic E-state index is 0.405. The Hall–Kier alpha value is -6.90. The zero-order chi connectivity index (χ0) is 38.9. The van der Waals surface area contributed by atoms with Crippen LogP contribution in [-0.2, 0) is 11.8 Å². The molecule has 2 nitrogen and oxygen atoms in total. The number of para-hydroxylation sites is 1. The maximum Gasteiger partial charge on any atom is 0.0725 e. The summed E-state index contributed by atoms with van der Waals surface area (Å²) in [6.07, 6.45) is 18.4. The summed E-state index contributed by atoms with van der Waals surface area (Å²) >= 11 is 0. The van der Waals surface area contributed by atoms with E-state index in [-0.39, 0.29) is 0 Å². The SMILES string of the molecule is C1=CC2=C(CC1)CCN2c1ccc(/C=C/c2ccc3c(c2)C2(c4ccccc4-c4ccccc42)c2cc(/C=C/c4ccc(N5CCc6ccccc65)cc4)ccc2-3)cc1. The van der Waals surface area contributed by atoms with Crippen molar-refractivity contribution in [3.8, 4) is 22.3 Å².